The Morgan fingerprint density at radius 3 is 2.46 bits per heavy atom. The van der Waals surface area contributed by atoms with Gasteiger partial charge in [0.05, 0.1) is 6.04 Å². The summed E-state index contributed by atoms with van der Waals surface area (Å²) in [5.41, 5.74) is 0. The van der Waals surface area contributed by atoms with Crippen molar-refractivity contribution in [2.45, 2.75) is 58.0 Å². The number of carbonyl (C=O) groups excluding carboxylic acids is 1. The molecule has 158 valence electrons. The maximum absolute atomic E-state index is 13.0. The molecular formula is C18H31N5O4S. The number of aryl methyl sites for hydroxylation is 1. The van der Waals surface area contributed by atoms with Gasteiger partial charge in [-0.25, -0.2) is 0 Å². The van der Waals surface area contributed by atoms with Crippen molar-refractivity contribution in [3.8, 4) is 0 Å². The summed E-state index contributed by atoms with van der Waals surface area (Å²) < 4.78 is 34.0. The van der Waals surface area contributed by atoms with Crippen molar-refractivity contribution in [3.63, 3.8) is 0 Å². The first-order chi connectivity index (χ1) is 13.3. The maximum Gasteiger partial charge on any atom is 0.282 e. The number of hydrogen-bond donors (Lipinski definition) is 1. The minimum Gasteiger partial charge on any atom is -0.360 e. The minimum absolute atomic E-state index is 0.104. The third-order valence-electron chi connectivity index (χ3n) is 5.86. The molecule has 1 saturated carbocycles. The molecule has 1 aromatic rings. The molecule has 3 rings (SSSR count). The summed E-state index contributed by atoms with van der Waals surface area (Å²) in [4.78, 5) is 14.4. The van der Waals surface area contributed by atoms with Gasteiger partial charge in [-0.15, -0.1) is 0 Å². The third-order valence-corrected chi connectivity index (χ3v) is 7.90. The first-order valence-corrected chi connectivity index (χ1v) is 11.4. The van der Waals surface area contributed by atoms with Crippen LogP contribution in [0.25, 0.3) is 0 Å². The Morgan fingerprint density at radius 1 is 1.25 bits per heavy atom. The van der Waals surface area contributed by atoms with E-state index in [4.69, 9.17) is 4.52 Å². The third kappa shape index (κ3) is 4.73. The lowest BCUT2D eigenvalue weighted by Crippen LogP contribution is -2.57. The molecule has 28 heavy (non-hydrogen) atoms. The molecule has 0 radical (unpaired) electrons. The molecule has 1 aromatic heterocycles. The highest BCUT2D eigenvalue weighted by Gasteiger charge is 2.36. The van der Waals surface area contributed by atoms with Crippen LogP contribution in [0.3, 0.4) is 0 Å². The maximum atomic E-state index is 13.0. The smallest absolute Gasteiger partial charge is 0.282 e. The van der Waals surface area contributed by atoms with Crippen molar-refractivity contribution in [2.24, 2.45) is 0 Å². The van der Waals surface area contributed by atoms with Gasteiger partial charge in [-0.3, -0.25) is 9.69 Å². The molecule has 2 fully saturated rings. The average molecular weight is 414 g/mol. The molecule has 1 amide bonds. The second-order valence-electron chi connectivity index (χ2n) is 7.74. The SMILES string of the molecule is Cc1cc(NC(=O)C(C)N2CCN(S(=O)(=O)N(C)C3CCCCC3)CC2)no1. The summed E-state index contributed by atoms with van der Waals surface area (Å²) in [7, 11) is -1.76. The van der Waals surface area contributed by atoms with E-state index in [0.29, 0.717) is 37.8 Å². The Morgan fingerprint density at radius 2 is 1.89 bits per heavy atom. The van der Waals surface area contributed by atoms with Crippen LogP contribution in [-0.4, -0.2) is 78.3 Å². The molecule has 1 N–H and O–H groups in total. The lowest BCUT2D eigenvalue weighted by Gasteiger charge is -2.40. The van der Waals surface area contributed by atoms with E-state index in [2.05, 4.69) is 10.5 Å². The highest BCUT2D eigenvalue weighted by Crippen LogP contribution is 2.25. The predicted molar refractivity (Wildman–Crippen MR) is 106 cm³/mol. The van der Waals surface area contributed by atoms with E-state index in [1.807, 2.05) is 11.8 Å². The van der Waals surface area contributed by atoms with Crippen LogP contribution in [0.4, 0.5) is 5.82 Å². The van der Waals surface area contributed by atoms with Gasteiger partial charge in [0.2, 0.25) is 5.91 Å². The molecule has 1 unspecified atom stereocenters. The molecule has 9 nitrogen and oxygen atoms in total. The Balaban J connectivity index is 1.53. The zero-order valence-electron chi connectivity index (χ0n) is 16.9. The molecule has 1 aliphatic heterocycles. The van der Waals surface area contributed by atoms with Gasteiger partial charge < -0.3 is 9.84 Å². The highest BCUT2D eigenvalue weighted by atomic mass is 32.2. The molecule has 1 saturated heterocycles. The van der Waals surface area contributed by atoms with Crippen LogP contribution in [0.2, 0.25) is 0 Å². The van der Waals surface area contributed by atoms with Crippen LogP contribution in [0.1, 0.15) is 44.8 Å². The first-order valence-electron chi connectivity index (χ1n) is 10.0. The first kappa shape index (κ1) is 21.2. The number of nitrogens with zero attached hydrogens (tertiary/aromatic N) is 4. The summed E-state index contributed by atoms with van der Waals surface area (Å²) in [6.45, 7) is 5.39. The summed E-state index contributed by atoms with van der Waals surface area (Å²) >= 11 is 0. The van der Waals surface area contributed by atoms with E-state index >= 15 is 0 Å². The second-order valence-corrected chi connectivity index (χ2v) is 9.73. The van der Waals surface area contributed by atoms with E-state index < -0.39 is 10.2 Å². The molecule has 2 heterocycles. The van der Waals surface area contributed by atoms with Crippen LogP contribution in [-0.2, 0) is 15.0 Å². The number of rotatable bonds is 6. The van der Waals surface area contributed by atoms with E-state index in [1.165, 1.54) is 6.42 Å². The number of anilines is 1. The van der Waals surface area contributed by atoms with Crippen LogP contribution in [0.15, 0.2) is 10.6 Å². The van der Waals surface area contributed by atoms with E-state index in [9.17, 15) is 13.2 Å². The Bertz CT molecular complexity index is 767. The molecule has 0 bridgehead atoms. The van der Waals surface area contributed by atoms with Gasteiger partial charge in [0.15, 0.2) is 5.82 Å². The molecule has 2 aliphatic rings. The van der Waals surface area contributed by atoms with Gasteiger partial charge in [0.25, 0.3) is 10.2 Å². The number of piperazine rings is 1. The Hall–Kier alpha value is -1.49. The number of amides is 1. The highest BCUT2D eigenvalue weighted by molar-refractivity contribution is 7.86. The molecular weight excluding hydrogens is 382 g/mol. The van der Waals surface area contributed by atoms with Crippen molar-refractivity contribution in [1.29, 1.82) is 0 Å². The lowest BCUT2D eigenvalue weighted by atomic mass is 9.96. The van der Waals surface area contributed by atoms with Crippen LogP contribution >= 0.6 is 0 Å². The van der Waals surface area contributed by atoms with Crippen molar-refractivity contribution >= 4 is 21.9 Å². The van der Waals surface area contributed by atoms with Gasteiger partial charge in [0, 0.05) is 45.3 Å². The average Bonchev–Trinajstić information content (AvgIpc) is 3.12. The van der Waals surface area contributed by atoms with Gasteiger partial charge in [-0.1, -0.05) is 24.4 Å². The van der Waals surface area contributed by atoms with E-state index in [0.717, 1.165) is 25.7 Å². The lowest BCUT2D eigenvalue weighted by molar-refractivity contribution is -0.121. The summed E-state index contributed by atoms with van der Waals surface area (Å²) in [6, 6.07) is 1.39. The van der Waals surface area contributed by atoms with Crippen molar-refractivity contribution in [3.05, 3.63) is 11.8 Å². The quantitative estimate of drug-likeness (QED) is 0.758. The van der Waals surface area contributed by atoms with Gasteiger partial charge in [0.1, 0.15) is 5.76 Å². The van der Waals surface area contributed by atoms with Crippen molar-refractivity contribution < 1.29 is 17.7 Å². The second kappa shape index (κ2) is 8.89. The zero-order chi connectivity index (χ0) is 20.3. The summed E-state index contributed by atoms with van der Waals surface area (Å²) in [5, 5.41) is 6.51. The molecule has 10 heteroatoms. The monoisotopic (exact) mass is 413 g/mol. The zero-order valence-corrected chi connectivity index (χ0v) is 17.7. The van der Waals surface area contributed by atoms with E-state index in [1.54, 1.807) is 28.6 Å². The fraction of sp³-hybridized carbons (Fsp3) is 0.778. The molecule has 0 aromatic carbocycles. The Labute approximate surface area is 167 Å². The van der Waals surface area contributed by atoms with Gasteiger partial charge >= 0.3 is 0 Å². The number of hydrogen-bond acceptors (Lipinski definition) is 6. The topological polar surface area (TPSA) is 99.0 Å². The Kier molecular flexibility index (Phi) is 6.74. The van der Waals surface area contributed by atoms with E-state index in [-0.39, 0.29) is 18.0 Å². The number of carbonyl (C=O) groups is 1. The summed E-state index contributed by atoms with van der Waals surface area (Å²) in [6.07, 6.45) is 5.26. The van der Waals surface area contributed by atoms with Crippen molar-refractivity contribution in [2.75, 3.05) is 38.5 Å². The largest absolute Gasteiger partial charge is 0.360 e. The molecule has 1 atom stereocenters. The minimum atomic E-state index is -3.46. The molecule has 0 spiro atoms. The fourth-order valence-corrected chi connectivity index (χ4v) is 5.54. The standard InChI is InChI=1S/C18H31N5O4S/c1-14-13-17(20-27-14)19-18(24)15(2)22-9-11-23(12-10-22)28(25,26)21(3)16-7-5-4-6-8-16/h13,15-16H,4-12H2,1-3H3,(H,19,20,24). The van der Waals surface area contributed by atoms with Gasteiger partial charge in [-0.05, 0) is 26.7 Å². The normalized spacial score (nSPS) is 21.7. The van der Waals surface area contributed by atoms with Crippen LogP contribution < -0.4 is 5.32 Å². The summed E-state index contributed by atoms with van der Waals surface area (Å²) in [5.74, 6) is 0.845. The van der Waals surface area contributed by atoms with Crippen molar-refractivity contribution in [1.82, 2.24) is 18.7 Å². The van der Waals surface area contributed by atoms with Crippen LogP contribution in [0.5, 0.6) is 0 Å². The predicted octanol–water partition coefficient (Wildman–Crippen LogP) is 1.44. The fourth-order valence-electron chi connectivity index (χ4n) is 3.96. The number of nitrogens with one attached hydrogen (secondary N) is 1. The molecule has 1 aliphatic carbocycles. The van der Waals surface area contributed by atoms with Crippen LogP contribution in [0, 0.1) is 6.92 Å². The van der Waals surface area contributed by atoms with Gasteiger partial charge in [-0.2, -0.15) is 17.0 Å². The number of aromatic nitrogens is 1.